The standard InChI is InChI=1S/C20H25ClN4O4S/c1-29-17-7-6-13(21)12-15(17)19(20(22)26)24-16-4-2-3-5-18(16)30(27,28)25-14-8-10-23-11-9-14/h2-7,12,14,19,23-25H,8-11H2,1H3,(H2,22,26). The summed E-state index contributed by atoms with van der Waals surface area (Å²) in [5.74, 6) is -0.294. The van der Waals surface area contributed by atoms with Gasteiger partial charge in [-0.2, -0.15) is 0 Å². The van der Waals surface area contributed by atoms with E-state index in [2.05, 4.69) is 15.4 Å². The highest BCUT2D eigenvalue weighted by atomic mass is 35.5. The number of carbonyl (C=O) groups excluding carboxylic acids is 1. The van der Waals surface area contributed by atoms with Crippen LogP contribution in [0.3, 0.4) is 0 Å². The molecule has 1 saturated heterocycles. The lowest BCUT2D eigenvalue weighted by Gasteiger charge is -2.25. The van der Waals surface area contributed by atoms with Gasteiger partial charge in [0, 0.05) is 16.6 Å². The van der Waals surface area contributed by atoms with Crippen LogP contribution in [0.1, 0.15) is 24.4 Å². The van der Waals surface area contributed by atoms with Crippen molar-refractivity contribution in [3.05, 3.63) is 53.1 Å². The Morgan fingerprint density at radius 1 is 1.23 bits per heavy atom. The molecule has 8 nitrogen and oxygen atoms in total. The first kappa shape index (κ1) is 22.4. The second kappa shape index (κ2) is 9.65. The van der Waals surface area contributed by atoms with E-state index in [1.54, 1.807) is 36.4 Å². The Bertz CT molecular complexity index is 1010. The number of amides is 1. The van der Waals surface area contributed by atoms with Crippen LogP contribution in [0.5, 0.6) is 5.75 Å². The Morgan fingerprint density at radius 2 is 1.93 bits per heavy atom. The van der Waals surface area contributed by atoms with Crippen molar-refractivity contribution < 1.29 is 17.9 Å². The van der Waals surface area contributed by atoms with Crippen LogP contribution >= 0.6 is 11.6 Å². The number of piperidine rings is 1. The van der Waals surface area contributed by atoms with Crippen molar-refractivity contribution in [2.45, 2.75) is 29.8 Å². The number of methoxy groups -OCH3 is 1. The molecule has 0 aliphatic carbocycles. The van der Waals surface area contributed by atoms with E-state index in [1.807, 2.05) is 0 Å². The SMILES string of the molecule is COc1ccc(Cl)cc1C(Nc1ccccc1S(=O)(=O)NC1CCNCC1)C(N)=O. The van der Waals surface area contributed by atoms with Crippen molar-refractivity contribution in [3.63, 3.8) is 0 Å². The normalized spacial score (nSPS) is 16.1. The minimum absolute atomic E-state index is 0.0378. The van der Waals surface area contributed by atoms with Gasteiger partial charge < -0.3 is 21.1 Å². The van der Waals surface area contributed by atoms with Crippen molar-refractivity contribution in [2.24, 2.45) is 5.73 Å². The topological polar surface area (TPSA) is 123 Å². The van der Waals surface area contributed by atoms with Crippen molar-refractivity contribution in [1.82, 2.24) is 10.0 Å². The third kappa shape index (κ3) is 5.23. The molecule has 0 radical (unpaired) electrons. The average molecular weight is 453 g/mol. The number of benzene rings is 2. The lowest BCUT2D eigenvalue weighted by molar-refractivity contribution is -0.118. The molecule has 1 heterocycles. The number of nitrogens with one attached hydrogen (secondary N) is 3. The van der Waals surface area contributed by atoms with E-state index in [0.29, 0.717) is 29.2 Å². The molecule has 2 aromatic carbocycles. The first-order chi connectivity index (χ1) is 14.3. The molecule has 30 heavy (non-hydrogen) atoms. The van der Waals surface area contributed by atoms with Crippen LogP contribution in [0.2, 0.25) is 5.02 Å². The molecule has 162 valence electrons. The van der Waals surface area contributed by atoms with Crippen LogP contribution in [-0.2, 0) is 14.8 Å². The molecular formula is C20H25ClN4O4S. The van der Waals surface area contributed by atoms with E-state index in [-0.39, 0.29) is 16.6 Å². The van der Waals surface area contributed by atoms with Gasteiger partial charge in [-0.3, -0.25) is 4.79 Å². The molecule has 10 heteroatoms. The number of anilines is 1. The van der Waals surface area contributed by atoms with Crippen LogP contribution in [0.15, 0.2) is 47.4 Å². The monoisotopic (exact) mass is 452 g/mol. The molecule has 1 fully saturated rings. The third-order valence-corrected chi connectivity index (χ3v) is 6.74. The number of para-hydroxylation sites is 1. The Kier molecular flexibility index (Phi) is 7.19. The van der Waals surface area contributed by atoms with Gasteiger partial charge in [0.15, 0.2) is 0 Å². The number of carbonyl (C=O) groups is 1. The Morgan fingerprint density at radius 3 is 2.60 bits per heavy atom. The maximum absolute atomic E-state index is 13.1. The zero-order valence-electron chi connectivity index (χ0n) is 16.5. The van der Waals surface area contributed by atoms with Gasteiger partial charge in [-0.15, -0.1) is 0 Å². The van der Waals surface area contributed by atoms with Crippen LogP contribution in [0, 0.1) is 0 Å². The maximum Gasteiger partial charge on any atom is 0.244 e. The maximum atomic E-state index is 13.1. The highest BCUT2D eigenvalue weighted by molar-refractivity contribution is 7.89. The second-order valence-electron chi connectivity index (χ2n) is 7.01. The van der Waals surface area contributed by atoms with Gasteiger partial charge in [-0.25, -0.2) is 13.1 Å². The number of primary amides is 1. The second-order valence-corrected chi connectivity index (χ2v) is 9.13. The molecule has 1 aliphatic heterocycles. The lowest BCUT2D eigenvalue weighted by atomic mass is 10.0. The van der Waals surface area contributed by atoms with Crippen LogP contribution < -0.4 is 25.8 Å². The summed E-state index contributed by atoms with van der Waals surface area (Å²) in [4.78, 5) is 12.3. The third-order valence-electron chi connectivity index (χ3n) is 4.92. The predicted octanol–water partition coefficient (Wildman–Crippen LogP) is 2.02. The molecular weight excluding hydrogens is 428 g/mol. The number of rotatable bonds is 8. The van der Waals surface area contributed by atoms with Gasteiger partial charge in [-0.05, 0) is 56.3 Å². The van der Waals surface area contributed by atoms with Crippen molar-refractivity contribution >= 4 is 33.2 Å². The fourth-order valence-electron chi connectivity index (χ4n) is 3.43. The van der Waals surface area contributed by atoms with Crippen LogP contribution in [0.4, 0.5) is 5.69 Å². The fourth-order valence-corrected chi connectivity index (χ4v) is 5.09. The number of nitrogens with two attached hydrogens (primary N) is 1. The number of sulfonamides is 1. The van der Waals surface area contributed by atoms with Gasteiger partial charge in [0.2, 0.25) is 15.9 Å². The Hall–Kier alpha value is -2.33. The first-order valence-corrected chi connectivity index (χ1v) is 11.4. The van der Waals surface area contributed by atoms with Crippen molar-refractivity contribution in [3.8, 4) is 5.75 Å². The minimum atomic E-state index is -3.82. The molecule has 0 saturated carbocycles. The summed E-state index contributed by atoms with van der Waals surface area (Å²) >= 11 is 6.09. The van der Waals surface area contributed by atoms with Crippen molar-refractivity contribution in [2.75, 3.05) is 25.5 Å². The minimum Gasteiger partial charge on any atom is -0.496 e. The van der Waals surface area contributed by atoms with Crippen molar-refractivity contribution in [1.29, 1.82) is 0 Å². The molecule has 5 N–H and O–H groups in total. The molecule has 0 spiro atoms. The van der Waals surface area contributed by atoms with Gasteiger partial charge in [0.25, 0.3) is 0 Å². The van der Waals surface area contributed by atoms with Gasteiger partial charge >= 0.3 is 0 Å². The molecule has 1 aliphatic rings. The summed E-state index contributed by atoms with van der Waals surface area (Å²) in [6, 6.07) is 9.99. The van der Waals surface area contributed by atoms with Gasteiger partial charge in [0.05, 0.1) is 12.8 Å². The zero-order valence-corrected chi connectivity index (χ0v) is 18.1. The molecule has 0 aromatic heterocycles. The number of halogens is 1. The smallest absolute Gasteiger partial charge is 0.244 e. The molecule has 3 rings (SSSR count). The summed E-state index contributed by atoms with van der Waals surface area (Å²) in [7, 11) is -2.35. The molecule has 1 amide bonds. The van der Waals surface area contributed by atoms with Gasteiger partial charge in [0.1, 0.15) is 16.7 Å². The number of ether oxygens (including phenoxy) is 1. The largest absolute Gasteiger partial charge is 0.496 e. The van der Waals surface area contributed by atoms with E-state index in [0.717, 1.165) is 13.1 Å². The van der Waals surface area contributed by atoms with Crippen LogP contribution in [-0.4, -0.2) is 40.6 Å². The highest BCUT2D eigenvalue weighted by Gasteiger charge is 2.27. The van der Waals surface area contributed by atoms with Crippen LogP contribution in [0.25, 0.3) is 0 Å². The fraction of sp³-hybridized carbons (Fsp3) is 0.350. The predicted molar refractivity (Wildman–Crippen MR) is 116 cm³/mol. The summed E-state index contributed by atoms with van der Waals surface area (Å²) in [5.41, 5.74) is 6.29. The quantitative estimate of drug-likeness (QED) is 0.486. The molecule has 2 aromatic rings. The lowest BCUT2D eigenvalue weighted by Crippen LogP contribution is -2.42. The summed E-state index contributed by atoms with van der Waals surface area (Å²) < 4.78 is 34.2. The first-order valence-electron chi connectivity index (χ1n) is 9.53. The van der Waals surface area contributed by atoms with Gasteiger partial charge in [-0.1, -0.05) is 23.7 Å². The van der Waals surface area contributed by atoms with E-state index in [9.17, 15) is 13.2 Å². The number of hydrogen-bond donors (Lipinski definition) is 4. The van der Waals surface area contributed by atoms with E-state index < -0.39 is 22.0 Å². The molecule has 1 unspecified atom stereocenters. The summed E-state index contributed by atoms with van der Waals surface area (Å²) in [5, 5.41) is 6.56. The number of hydrogen-bond acceptors (Lipinski definition) is 6. The summed E-state index contributed by atoms with van der Waals surface area (Å²) in [6.07, 6.45) is 1.41. The Labute approximate surface area is 181 Å². The average Bonchev–Trinajstić information content (AvgIpc) is 2.72. The summed E-state index contributed by atoms with van der Waals surface area (Å²) in [6.45, 7) is 1.51. The Balaban J connectivity index is 1.94. The van der Waals surface area contributed by atoms with E-state index in [1.165, 1.54) is 13.2 Å². The zero-order chi connectivity index (χ0) is 21.7. The highest BCUT2D eigenvalue weighted by Crippen LogP contribution is 2.32. The van der Waals surface area contributed by atoms with E-state index >= 15 is 0 Å². The molecule has 1 atom stereocenters. The molecule has 0 bridgehead atoms. The van der Waals surface area contributed by atoms with E-state index in [4.69, 9.17) is 22.1 Å².